The van der Waals surface area contributed by atoms with Crippen molar-refractivity contribution in [1.29, 1.82) is 0 Å². The summed E-state index contributed by atoms with van der Waals surface area (Å²) in [6.45, 7) is 15.6. The van der Waals surface area contributed by atoms with Gasteiger partial charge in [-0.15, -0.1) is 0 Å². The van der Waals surface area contributed by atoms with E-state index in [4.69, 9.17) is 9.16 Å². The maximum absolute atomic E-state index is 9.29. The summed E-state index contributed by atoms with van der Waals surface area (Å²) in [4.78, 5) is 0. The highest BCUT2D eigenvalue weighted by molar-refractivity contribution is 6.74. The van der Waals surface area contributed by atoms with Gasteiger partial charge in [0.05, 0.1) is 6.61 Å². The first-order valence-electron chi connectivity index (χ1n) is 7.27. The van der Waals surface area contributed by atoms with Gasteiger partial charge in [-0.2, -0.15) is 0 Å². The quantitative estimate of drug-likeness (QED) is 0.491. The molecule has 19 heavy (non-hydrogen) atoms. The van der Waals surface area contributed by atoms with E-state index in [0.29, 0.717) is 0 Å². The number of rotatable bonds is 3. The third kappa shape index (κ3) is 2.68. The summed E-state index contributed by atoms with van der Waals surface area (Å²) in [6.07, 6.45) is 3.06. The fourth-order valence-corrected chi connectivity index (χ4v) is 4.11. The third-order valence-electron chi connectivity index (χ3n) is 5.15. The number of aliphatic hydroxyl groups excluding tert-OH is 1. The van der Waals surface area contributed by atoms with Crippen LogP contribution in [-0.4, -0.2) is 37.8 Å². The van der Waals surface area contributed by atoms with Gasteiger partial charge in [0.15, 0.2) is 8.32 Å². The monoisotopic (exact) mass is 284 g/mol. The Kier molecular flexibility index (Phi) is 3.76. The molecule has 3 atom stereocenters. The highest BCUT2D eigenvalue weighted by Crippen LogP contribution is 2.52. The minimum absolute atomic E-state index is 0.0502. The molecular formula is C15H28O3Si. The van der Waals surface area contributed by atoms with Gasteiger partial charge in [0.25, 0.3) is 0 Å². The zero-order chi connectivity index (χ0) is 14.5. The molecule has 1 saturated heterocycles. The van der Waals surface area contributed by atoms with Crippen LogP contribution < -0.4 is 0 Å². The van der Waals surface area contributed by atoms with E-state index in [1.165, 1.54) is 0 Å². The summed E-state index contributed by atoms with van der Waals surface area (Å²) in [5, 5.41) is 9.52. The number of epoxide rings is 1. The summed E-state index contributed by atoms with van der Waals surface area (Å²) < 4.78 is 12.2. The normalized spacial score (nSPS) is 35.8. The van der Waals surface area contributed by atoms with E-state index < -0.39 is 8.32 Å². The molecule has 0 aromatic rings. The topological polar surface area (TPSA) is 42.0 Å². The van der Waals surface area contributed by atoms with Crippen LogP contribution in [0, 0.1) is 0 Å². The molecule has 110 valence electrons. The van der Waals surface area contributed by atoms with Crippen LogP contribution in [0.2, 0.25) is 18.1 Å². The van der Waals surface area contributed by atoms with Gasteiger partial charge < -0.3 is 14.3 Å². The second-order valence-electron chi connectivity index (χ2n) is 7.53. The van der Waals surface area contributed by atoms with E-state index in [9.17, 15) is 5.11 Å². The van der Waals surface area contributed by atoms with Crippen molar-refractivity contribution in [3.63, 3.8) is 0 Å². The van der Waals surface area contributed by atoms with Gasteiger partial charge >= 0.3 is 0 Å². The molecule has 3 nitrogen and oxygen atoms in total. The van der Waals surface area contributed by atoms with Crippen LogP contribution >= 0.6 is 0 Å². The molecule has 1 heterocycles. The van der Waals surface area contributed by atoms with Crippen molar-refractivity contribution in [3.05, 3.63) is 12.2 Å². The van der Waals surface area contributed by atoms with E-state index in [-0.39, 0.29) is 29.5 Å². The highest BCUT2D eigenvalue weighted by Gasteiger charge is 2.60. The van der Waals surface area contributed by atoms with Gasteiger partial charge in [0, 0.05) is 12.5 Å². The molecule has 0 bridgehead atoms. The van der Waals surface area contributed by atoms with Crippen molar-refractivity contribution < 1.29 is 14.3 Å². The fraction of sp³-hybridized carbons (Fsp3) is 0.867. The van der Waals surface area contributed by atoms with Gasteiger partial charge in [-0.1, -0.05) is 27.4 Å². The molecule has 4 heteroatoms. The highest BCUT2D eigenvalue weighted by atomic mass is 28.4. The third-order valence-corrected chi connectivity index (χ3v) is 9.68. The number of ether oxygens (including phenoxy) is 1. The van der Waals surface area contributed by atoms with Gasteiger partial charge in [-0.3, -0.25) is 0 Å². The average Bonchev–Trinajstić information content (AvgIpc) is 2.96. The summed E-state index contributed by atoms with van der Waals surface area (Å²) in [5.41, 5.74) is 0.863. The van der Waals surface area contributed by atoms with Gasteiger partial charge in [0.1, 0.15) is 11.7 Å². The maximum Gasteiger partial charge on any atom is 0.192 e. The first kappa shape index (κ1) is 15.2. The average molecular weight is 284 g/mol. The van der Waals surface area contributed by atoms with Crippen LogP contribution in [0.5, 0.6) is 0 Å². The molecule has 2 fully saturated rings. The van der Waals surface area contributed by atoms with Crippen LogP contribution in [0.25, 0.3) is 0 Å². The molecule has 1 saturated carbocycles. The van der Waals surface area contributed by atoms with Crippen molar-refractivity contribution >= 4 is 8.32 Å². The second-order valence-corrected chi connectivity index (χ2v) is 12.3. The molecule has 2 aliphatic rings. The Morgan fingerprint density at radius 3 is 2.58 bits per heavy atom. The van der Waals surface area contributed by atoms with E-state index in [2.05, 4.69) is 40.4 Å². The molecule has 1 aliphatic heterocycles. The van der Waals surface area contributed by atoms with Crippen LogP contribution in [0.1, 0.15) is 40.0 Å². The van der Waals surface area contributed by atoms with E-state index in [1.807, 2.05) is 0 Å². The van der Waals surface area contributed by atoms with Crippen molar-refractivity contribution in [3.8, 4) is 0 Å². The van der Waals surface area contributed by atoms with Crippen molar-refractivity contribution in [1.82, 2.24) is 0 Å². The Labute approximate surface area is 118 Å². The van der Waals surface area contributed by atoms with Gasteiger partial charge in [-0.05, 0) is 36.5 Å². The van der Waals surface area contributed by atoms with Crippen molar-refractivity contribution in [2.24, 2.45) is 0 Å². The molecule has 0 radical (unpaired) electrons. The maximum atomic E-state index is 9.29. The predicted octanol–water partition coefficient (Wildman–Crippen LogP) is 3.25. The Morgan fingerprint density at radius 1 is 1.47 bits per heavy atom. The SMILES string of the molecule is C=C1CCC(O[Si](C)(C)C(C)(C)C)CC12OC2CO. The van der Waals surface area contributed by atoms with Crippen LogP contribution in [0.3, 0.4) is 0 Å². The fourth-order valence-electron chi connectivity index (χ4n) is 2.72. The van der Waals surface area contributed by atoms with Gasteiger partial charge in [-0.25, -0.2) is 0 Å². The van der Waals surface area contributed by atoms with E-state index in [0.717, 1.165) is 24.8 Å². The minimum Gasteiger partial charge on any atom is -0.414 e. The molecule has 3 unspecified atom stereocenters. The van der Waals surface area contributed by atoms with Gasteiger partial charge in [0.2, 0.25) is 0 Å². The van der Waals surface area contributed by atoms with Crippen LogP contribution in [0.15, 0.2) is 12.2 Å². The van der Waals surface area contributed by atoms with Crippen molar-refractivity contribution in [2.75, 3.05) is 6.61 Å². The second kappa shape index (κ2) is 4.69. The molecule has 0 amide bonds. The lowest BCUT2D eigenvalue weighted by Crippen LogP contribution is -2.46. The van der Waals surface area contributed by atoms with Crippen molar-refractivity contribution in [2.45, 2.75) is 76.0 Å². The largest absolute Gasteiger partial charge is 0.414 e. The zero-order valence-electron chi connectivity index (χ0n) is 13.0. The first-order valence-corrected chi connectivity index (χ1v) is 10.2. The minimum atomic E-state index is -1.73. The van der Waals surface area contributed by atoms with Crippen LogP contribution in [-0.2, 0) is 9.16 Å². The Hall–Kier alpha value is -0.163. The summed E-state index contributed by atoms with van der Waals surface area (Å²) in [5.74, 6) is 0. The molecule has 1 spiro atoms. The summed E-state index contributed by atoms with van der Waals surface area (Å²) in [7, 11) is -1.73. The molecule has 1 N–H and O–H groups in total. The van der Waals surface area contributed by atoms with E-state index in [1.54, 1.807) is 0 Å². The lowest BCUT2D eigenvalue weighted by Gasteiger charge is -2.41. The Morgan fingerprint density at radius 2 is 2.11 bits per heavy atom. The zero-order valence-corrected chi connectivity index (χ0v) is 14.0. The molecule has 1 aliphatic carbocycles. The smallest absolute Gasteiger partial charge is 0.192 e. The molecular weight excluding hydrogens is 256 g/mol. The number of hydrogen-bond donors (Lipinski definition) is 1. The lowest BCUT2D eigenvalue weighted by atomic mass is 9.81. The summed E-state index contributed by atoms with van der Waals surface area (Å²) >= 11 is 0. The molecule has 0 aromatic carbocycles. The Balaban J connectivity index is 2.03. The Bertz CT molecular complexity index is 372. The molecule has 0 aromatic heterocycles. The number of aliphatic hydroxyl groups is 1. The number of hydrogen-bond acceptors (Lipinski definition) is 3. The molecule has 2 rings (SSSR count). The first-order chi connectivity index (χ1) is 8.62. The standard InChI is InChI=1S/C15H28O3Si/c1-11-7-8-12(9-15(11)13(10-16)17-15)18-19(5,6)14(2,3)4/h12-13,16H,1,7-10H2,2-6H3. The van der Waals surface area contributed by atoms with Crippen LogP contribution in [0.4, 0.5) is 0 Å². The van der Waals surface area contributed by atoms with E-state index >= 15 is 0 Å². The summed E-state index contributed by atoms with van der Waals surface area (Å²) in [6, 6.07) is 0. The predicted molar refractivity (Wildman–Crippen MR) is 79.8 cm³/mol. The lowest BCUT2D eigenvalue weighted by molar-refractivity contribution is 0.114.